The molecule has 1 aromatic heterocycles. The van der Waals surface area contributed by atoms with Crippen LogP contribution in [0.5, 0.6) is 0 Å². The summed E-state index contributed by atoms with van der Waals surface area (Å²) in [5.41, 5.74) is 1.37. The third-order valence-corrected chi connectivity index (χ3v) is 4.71. The molecule has 0 aliphatic carbocycles. The van der Waals surface area contributed by atoms with E-state index in [0.717, 1.165) is 5.56 Å². The Morgan fingerprint density at radius 3 is 2.52 bits per heavy atom. The first-order valence-corrected chi connectivity index (χ1v) is 9.52. The molecule has 148 valence electrons. The monoisotopic (exact) mass is 412 g/mol. The number of esters is 1. The van der Waals surface area contributed by atoms with Crippen molar-refractivity contribution in [1.82, 2.24) is 5.32 Å². The van der Waals surface area contributed by atoms with Crippen molar-refractivity contribution >= 4 is 34.8 Å². The van der Waals surface area contributed by atoms with Gasteiger partial charge in [-0.25, -0.2) is 9.18 Å². The molecule has 0 unspecified atom stereocenters. The molecule has 3 rings (SSSR count). The van der Waals surface area contributed by atoms with Gasteiger partial charge in [0.15, 0.2) is 6.61 Å². The van der Waals surface area contributed by atoms with E-state index in [2.05, 4.69) is 10.6 Å². The molecular formula is C21H17FN2O4S. The number of carbonyl (C=O) groups excluding carboxylic acids is 3. The topological polar surface area (TPSA) is 84.5 Å². The maximum Gasteiger partial charge on any atom is 0.338 e. The van der Waals surface area contributed by atoms with Crippen LogP contribution < -0.4 is 10.6 Å². The minimum atomic E-state index is -0.686. The molecule has 8 heteroatoms. The van der Waals surface area contributed by atoms with E-state index in [1.54, 1.807) is 41.8 Å². The molecule has 0 saturated carbocycles. The fourth-order valence-electron chi connectivity index (χ4n) is 2.39. The van der Waals surface area contributed by atoms with Crippen LogP contribution in [0, 0.1) is 5.82 Å². The Bertz CT molecular complexity index is 1000. The number of rotatable bonds is 7. The molecule has 3 aromatic rings. The summed E-state index contributed by atoms with van der Waals surface area (Å²) in [6, 6.07) is 15.4. The fourth-order valence-corrected chi connectivity index (χ4v) is 3.01. The van der Waals surface area contributed by atoms with Gasteiger partial charge in [-0.2, -0.15) is 0 Å². The van der Waals surface area contributed by atoms with Crippen molar-refractivity contribution < 1.29 is 23.5 Å². The molecule has 0 spiro atoms. The Hall–Kier alpha value is -3.52. The first kappa shape index (κ1) is 20.2. The summed E-state index contributed by atoms with van der Waals surface area (Å²) in [4.78, 5) is 36.7. The predicted octanol–water partition coefficient (Wildman–Crippen LogP) is 3.61. The van der Waals surface area contributed by atoms with Gasteiger partial charge in [-0.1, -0.05) is 24.3 Å². The van der Waals surface area contributed by atoms with Crippen LogP contribution in [0.1, 0.15) is 25.6 Å². The summed E-state index contributed by atoms with van der Waals surface area (Å²) in [5.74, 6) is -1.80. The van der Waals surface area contributed by atoms with Crippen LogP contribution in [0.15, 0.2) is 66.0 Å². The summed E-state index contributed by atoms with van der Waals surface area (Å²) in [5, 5.41) is 7.08. The van der Waals surface area contributed by atoms with E-state index in [1.807, 2.05) is 0 Å². The van der Waals surface area contributed by atoms with E-state index < -0.39 is 18.5 Å². The van der Waals surface area contributed by atoms with E-state index in [-0.39, 0.29) is 23.8 Å². The van der Waals surface area contributed by atoms with Crippen LogP contribution >= 0.6 is 11.3 Å². The number of nitrogens with one attached hydrogen (secondary N) is 2. The predicted molar refractivity (Wildman–Crippen MR) is 107 cm³/mol. The third kappa shape index (κ3) is 5.98. The molecule has 2 amide bonds. The van der Waals surface area contributed by atoms with Crippen LogP contribution in [0.2, 0.25) is 0 Å². The van der Waals surface area contributed by atoms with Gasteiger partial charge in [-0.05, 0) is 47.3 Å². The molecule has 1 heterocycles. The maximum atomic E-state index is 12.9. The molecule has 29 heavy (non-hydrogen) atoms. The van der Waals surface area contributed by atoms with E-state index in [9.17, 15) is 18.8 Å². The Labute approximate surface area is 170 Å². The smallest absolute Gasteiger partial charge is 0.338 e. The van der Waals surface area contributed by atoms with Crippen molar-refractivity contribution in [2.24, 2.45) is 0 Å². The van der Waals surface area contributed by atoms with Gasteiger partial charge in [0.25, 0.3) is 11.8 Å². The zero-order valence-electron chi connectivity index (χ0n) is 15.2. The summed E-state index contributed by atoms with van der Waals surface area (Å²) < 4.78 is 17.9. The van der Waals surface area contributed by atoms with Gasteiger partial charge >= 0.3 is 5.97 Å². The molecular weight excluding hydrogens is 395 g/mol. The van der Waals surface area contributed by atoms with E-state index in [1.165, 1.54) is 35.6 Å². The number of benzene rings is 2. The first-order chi connectivity index (χ1) is 14.0. The quantitative estimate of drug-likeness (QED) is 0.581. The second kappa shape index (κ2) is 9.61. The summed E-state index contributed by atoms with van der Waals surface area (Å²) in [7, 11) is 0. The standard InChI is InChI=1S/C21H17FN2O4S/c22-16-8-6-14(7-9-16)12-23-19(25)13-28-21(27)15-3-1-4-17(11-15)24-20(26)18-5-2-10-29-18/h1-11H,12-13H2,(H,23,25)(H,24,26). The maximum absolute atomic E-state index is 12.9. The number of ether oxygens (including phenoxy) is 1. The third-order valence-electron chi connectivity index (χ3n) is 3.84. The second-order valence-electron chi connectivity index (χ2n) is 5.99. The lowest BCUT2D eigenvalue weighted by atomic mass is 10.2. The Kier molecular flexibility index (Phi) is 6.70. The largest absolute Gasteiger partial charge is 0.452 e. The van der Waals surface area contributed by atoms with Crippen molar-refractivity contribution in [3.05, 3.63) is 87.9 Å². The highest BCUT2D eigenvalue weighted by molar-refractivity contribution is 7.12. The van der Waals surface area contributed by atoms with Gasteiger partial charge in [0.2, 0.25) is 0 Å². The van der Waals surface area contributed by atoms with Gasteiger partial charge in [0.05, 0.1) is 10.4 Å². The van der Waals surface area contributed by atoms with Gasteiger partial charge in [-0.15, -0.1) is 11.3 Å². The Balaban J connectivity index is 1.49. The number of hydrogen-bond acceptors (Lipinski definition) is 5. The van der Waals surface area contributed by atoms with Crippen molar-refractivity contribution in [2.75, 3.05) is 11.9 Å². The SMILES string of the molecule is O=C(COC(=O)c1cccc(NC(=O)c2cccs2)c1)NCc1ccc(F)cc1. The summed E-state index contributed by atoms with van der Waals surface area (Å²) >= 11 is 1.31. The zero-order valence-corrected chi connectivity index (χ0v) is 16.0. The van der Waals surface area contributed by atoms with Crippen LogP contribution in [0.25, 0.3) is 0 Å². The highest BCUT2D eigenvalue weighted by Gasteiger charge is 2.12. The van der Waals surface area contributed by atoms with Crippen molar-refractivity contribution in [1.29, 1.82) is 0 Å². The minimum absolute atomic E-state index is 0.195. The van der Waals surface area contributed by atoms with Crippen LogP contribution in [0.4, 0.5) is 10.1 Å². The van der Waals surface area contributed by atoms with Gasteiger partial charge in [0.1, 0.15) is 5.82 Å². The number of anilines is 1. The zero-order chi connectivity index (χ0) is 20.6. The minimum Gasteiger partial charge on any atom is -0.452 e. The molecule has 0 atom stereocenters. The van der Waals surface area contributed by atoms with Gasteiger partial charge in [0, 0.05) is 12.2 Å². The molecule has 2 aromatic carbocycles. The molecule has 6 nitrogen and oxygen atoms in total. The highest BCUT2D eigenvalue weighted by Crippen LogP contribution is 2.15. The average molecular weight is 412 g/mol. The summed E-state index contributed by atoms with van der Waals surface area (Å²) in [6.07, 6.45) is 0. The van der Waals surface area contributed by atoms with Crippen LogP contribution in [-0.4, -0.2) is 24.4 Å². The van der Waals surface area contributed by atoms with Gasteiger partial charge < -0.3 is 15.4 Å². The second-order valence-corrected chi connectivity index (χ2v) is 6.94. The van der Waals surface area contributed by atoms with E-state index >= 15 is 0 Å². The lowest BCUT2D eigenvalue weighted by Crippen LogP contribution is -2.28. The van der Waals surface area contributed by atoms with Gasteiger partial charge in [-0.3, -0.25) is 9.59 Å². The average Bonchev–Trinajstić information content (AvgIpc) is 3.27. The normalized spacial score (nSPS) is 10.2. The Morgan fingerprint density at radius 2 is 1.79 bits per heavy atom. The summed E-state index contributed by atoms with van der Waals surface area (Å²) in [6.45, 7) is -0.257. The number of thiophene rings is 1. The number of hydrogen-bond donors (Lipinski definition) is 2. The number of amides is 2. The molecule has 2 N–H and O–H groups in total. The van der Waals surface area contributed by atoms with Crippen LogP contribution in [0.3, 0.4) is 0 Å². The van der Waals surface area contributed by atoms with E-state index in [0.29, 0.717) is 10.6 Å². The fraction of sp³-hybridized carbons (Fsp3) is 0.0952. The molecule has 0 saturated heterocycles. The number of halogens is 1. The van der Waals surface area contributed by atoms with E-state index in [4.69, 9.17) is 4.74 Å². The van der Waals surface area contributed by atoms with Crippen LogP contribution in [-0.2, 0) is 16.1 Å². The molecule has 0 aliphatic heterocycles. The van der Waals surface area contributed by atoms with Crippen molar-refractivity contribution in [3.8, 4) is 0 Å². The lowest BCUT2D eigenvalue weighted by molar-refractivity contribution is -0.124. The first-order valence-electron chi connectivity index (χ1n) is 8.64. The molecule has 0 bridgehead atoms. The highest BCUT2D eigenvalue weighted by atomic mass is 32.1. The molecule has 0 aliphatic rings. The lowest BCUT2D eigenvalue weighted by Gasteiger charge is -2.08. The Morgan fingerprint density at radius 1 is 1.00 bits per heavy atom. The molecule has 0 fully saturated rings. The number of carbonyl (C=O) groups is 3. The molecule has 0 radical (unpaired) electrons. The van der Waals surface area contributed by atoms with Crippen molar-refractivity contribution in [2.45, 2.75) is 6.54 Å². The van der Waals surface area contributed by atoms with Crippen molar-refractivity contribution in [3.63, 3.8) is 0 Å².